The first-order chi connectivity index (χ1) is 16.9. The van der Waals surface area contributed by atoms with Crippen LogP contribution in [-0.4, -0.2) is 57.6 Å². The molecule has 2 aromatic carbocycles. The van der Waals surface area contributed by atoms with Crippen LogP contribution in [0.1, 0.15) is 44.7 Å². The lowest BCUT2D eigenvalue weighted by atomic mass is 10.1. The Morgan fingerprint density at radius 1 is 1.06 bits per heavy atom. The summed E-state index contributed by atoms with van der Waals surface area (Å²) >= 11 is 0. The lowest BCUT2D eigenvalue weighted by Gasteiger charge is -2.29. The average molecular weight is 518 g/mol. The molecule has 1 N–H and O–H groups in total. The molecule has 2 amide bonds. The molecule has 0 aromatic heterocycles. The van der Waals surface area contributed by atoms with E-state index in [0.29, 0.717) is 24.4 Å². The van der Waals surface area contributed by atoms with Crippen LogP contribution < -0.4 is 14.4 Å². The summed E-state index contributed by atoms with van der Waals surface area (Å²) in [5.74, 6) is 0.561. The Morgan fingerprint density at radius 3 is 2.28 bits per heavy atom. The number of benzene rings is 2. The number of carbonyl (C=O) groups excluding carboxylic acids is 2. The van der Waals surface area contributed by atoms with E-state index in [4.69, 9.17) is 4.74 Å². The first-order valence-corrected chi connectivity index (χ1v) is 14.0. The second-order valence-corrected chi connectivity index (χ2v) is 11.4. The molecule has 0 saturated carbocycles. The van der Waals surface area contributed by atoms with Crippen LogP contribution in [0.2, 0.25) is 0 Å². The number of ether oxygens (including phenoxy) is 1. The van der Waals surface area contributed by atoms with Crippen molar-refractivity contribution in [3.63, 3.8) is 0 Å². The van der Waals surface area contributed by atoms with E-state index >= 15 is 0 Å². The van der Waals surface area contributed by atoms with Crippen LogP contribution in [0, 0.1) is 12.8 Å². The molecule has 0 radical (unpaired) electrons. The minimum absolute atomic E-state index is 0.107. The normalized spacial score (nSPS) is 12.2. The first kappa shape index (κ1) is 29.2. The van der Waals surface area contributed by atoms with Gasteiger partial charge < -0.3 is 15.0 Å². The van der Waals surface area contributed by atoms with E-state index in [-0.39, 0.29) is 37.2 Å². The Bertz CT molecular complexity index is 1120. The number of hydrogen-bond donors (Lipinski definition) is 1. The van der Waals surface area contributed by atoms with Crippen LogP contribution in [0.5, 0.6) is 5.75 Å². The van der Waals surface area contributed by atoms with Crippen LogP contribution in [-0.2, 0) is 26.2 Å². The number of methoxy groups -OCH3 is 1. The van der Waals surface area contributed by atoms with Gasteiger partial charge in [-0.1, -0.05) is 38.1 Å². The zero-order chi connectivity index (χ0) is 26.9. The lowest BCUT2D eigenvalue weighted by molar-refractivity contribution is -0.140. The van der Waals surface area contributed by atoms with Gasteiger partial charge in [-0.3, -0.25) is 13.9 Å². The molecule has 0 aliphatic rings. The van der Waals surface area contributed by atoms with E-state index in [1.165, 1.54) is 4.31 Å². The summed E-state index contributed by atoms with van der Waals surface area (Å²) in [6.45, 7) is 8.57. The third-order valence-corrected chi connectivity index (χ3v) is 7.00. The van der Waals surface area contributed by atoms with Crippen molar-refractivity contribution in [1.29, 1.82) is 0 Å². The third-order valence-electron chi connectivity index (χ3n) is 5.81. The summed E-state index contributed by atoms with van der Waals surface area (Å²) in [6.07, 6.45) is 1.59. The van der Waals surface area contributed by atoms with Gasteiger partial charge in [0.15, 0.2) is 0 Å². The number of anilines is 1. The summed E-state index contributed by atoms with van der Waals surface area (Å²) in [4.78, 5) is 27.7. The number of amides is 2. The molecule has 2 aromatic rings. The van der Waals surface area contributed by atoms with E-state index in [1.54, 1.807) is 31.1 Å². The largest absolute Gasteiger partial charge is 0.497 e. The fraction of sp³-hybridized carbons (Fsp3) is 0.481. The van der Waals surface area contributed by atoms with Crippen molar-refractivity contribution < 1.29 is 22.7 Å². The Labute approximate surface area is 215 Å². The number of sulfonamides is 1. The average Bonchev–Trinajstić information content (AvgIpc) is 2.82. The van der Waals surface area contributed by atoms with Crippen molar-refractivity contribution in [3.05, 3.63) is 59.7 Å². The van der Waals surface area contributed by atoms with Crippen molar-refractivity contribution in [2.75, 3.05) is 30.8 Å². The van der Waals surface area contributed by atoms with Gasteiger partial charge in [-0.2, -0.15) is 0 Å². The number of hydrogen-bond acceptors (Lipinski definition) is 5. The molecule has 0 unspecified atom stereocenters. The van der Waals surface area contributed by atoms with Crippen molar-refractivity contribution in [2.45, 2.75) is 53.1 Å². The number of rotatable bonds is 13. The van der Waals surface area contributed by atoms with Crippen LogP contribution in [0.4, 0.5) is 5.69 Å². The van der Waals surface area contributed by atoms with Gasteiger partial charge in [-0.05, 0) is 61.6 Å². The third kappa shape index (κ3) is 8.86. The summed E-state index contributed by atoms with van der Waals surface area (Å²) in [5.41, 5.74) is 2.38. The standard InChI is InChI=1S/C27H39N3O5S/c1-20(2)18-28-27(32)22(4)29(19-23-12-14-25(35-5)15-13-23)26(31)11-8-16-30(36(6,33)34)24-10-7-9-21(3)17-24/h7,9-10,12-15,17,20,22H,8,11,16,18-19H2,1-6H3,(H,28,32)/t22-/m1/s1. The van der Waals surface area contributed by atoms with E-state index in [0.717, 1.165) is 17.4 Å². The van der Waals surface area contributed by atoms with Gasteiger partial charge in [0.05, 0.1) is 19.1 Å². The molecule has 8 nitrogen and oxygen atoms in total. The topological polar surface area (TPSA) is 96.0 Å². The summed E-state index contributed by atoms with van der Waals surface area (Å²) in [6, 6.07) is 13.9. The summed E-state index contributed by atoms with van der Waals surface area (Å²) in [7, 11) is -1.94. The maximum Gasteiger partial charge on any atom is 0.242 e. The van der Waals surface area contributed by atoms with Gasteiger partial charge in [0, 0.05) is 26.1 Å². The quantitative estimate of drug-likeness (QED) is 0.437. The fourth-order valence-electron chi connectivity index (χ4n) is 3.75. The van der Waals surface area contributed by atoms with Crippen molar-refractivity contribution in [3.8, 4) is 5.75 Å². The Balaban J connectivity index is 2.16. The number of aryl methyl sites for hydroxylation is 1. The molecule has 0 fully saturated rings. The molecule has 0 aliphatic heterocycles. The highest BCUT2D eigenvalue weighted by Crippen LogP contribution is 2.21. The molecule has 0 aliphatic carbocycles. The number of nitrogens with one attached hydrogen (secondary N) is 1. The van der Waals surface area contributed by atoms with Gasteiger partial charge in [-0.15, -0.1) is 0 Å². The molecular weight excluding hydrogens is 478 g/mol. The van der Waals surface area contributed by atoms with E-state index < -0.39 is 16.1 Å². The summed E-state index contributed by atoms with van der Waals surface area (Å²) < 4.78 is 31.4. The molecule has 9 heteroatoms. The highest BCUT2D eigenvalue weighted by Gasteiger charge is 2.26. The molecule has 0 bridgehead atoms. The smallest absolute Gasteiger partial charge is 0.242 e. The van der Waals surface area contributed by atoms with Crippen molar-refractivity contribution >= 4 is 27.5 Å². The Morgan fingerprint density at radius 2 is 1.72 bits per heavy atom. The molecule has 36 heavy (non-hydrogen) atoms. The van der Waals surface area contributed by atoms with Gasteiger partial charge in [0.25, 0.3) is 0 Å². The Hall–Kier alpha value is -3.07. The molecule has 0 heterocycles. The number of nitrogens with zero attached hydrogens (tertiary/aromatic N) is 2. The van der Waals surface area contributed by atoms with E-state index in [9.17, 15) is 18.0 Å². The van der Waals surface area contributed by atoms with Crippen LogP contribution in [0.3, 0.4) is 0 Å². The van der Waals surface area contributed by atoms with E-state index in [2.05, 4.69) is 5.32 Å². The number of carbonyl (C=O) groups is 2. The second kappa shape index (κ2) is 13.3. The monoisotopic (exact) mass is 517 g/mol. The highest BCUT2D eigenvalue weighted by molar-refractivity contribution is 7.92. The van der Waals surface area contributed by atoms with Crippen LogP contribution >= 0.6 is 0 Å². The molecule has 0 spiro atoms. The molecular formula is C27H39N3O5S. The van der Waals surface area contributed by atoms with Crippen molar-refractivity contribution in [1.82, 2.24) is 10.2 Å². The molecule has 0 saturated heterocycles. The maximum atomic E-state index is 13.3. The molecule has 1 atom stereocenters. The van der Waals surface area contributed by atoms with Crippen LogP contribution in [0.25, 0.3) is 0 Å². The van der Waals surface area contributed by atoms with Gasteiger partial charge in [0.1, 0.15) is 11.8 Å². The fourth-order valence-corrected chi connectivity index (χ4v) is 4.71. The Kier molecular flexibility index (Phi) is 10.8. The highest BCUT2D eigenvalue weighted by atomic mass is 32.2. The zero-order valence-corrected chi connectivity index (χ0v) is 23.0. The van der Waals surface area contributed by atoms with Gasteiger partial charge >= 0.3 is 0 Å². The zero-order valence-electron chi connectivity index (χ0n) is 22.2. The van der Waals surface area contributed by atoms with E-state index in [1.807, 2.05) is 57.2 Å². The predicted molar refractivity (Wildman–Crippen MR) is 143 cm³/mol. The molecule has 198 valence electrons. The van der Waals surface area contributed by atoms with Gasteiger partial charge in [-0.25, -0.2) is 8.42 Å². The molecule has 2 rings (SSSR count). The second-order valence-electron chi connectivity index (χ2n) is 9.46. The minimum Gasteiger partial charge on any atom is -0.497 e. The summed E-state index contributed by atoms with van der Waals surface area (Å²) in [5, 5.41) is 2.90. The lowest BCUT2D eigenvalue weighted by Crippen LogP contribution is -2.48. The SMILES string of the molecule is COc1ccc(CN(C(=O)CCCN(c2cccc(C)c2)S(C)(=O)=O)[C@H](C)C(=O)NCC(C)C)cc1. The van der Waals surface area contributed by atoms with Crippen molar-refractivity contribution in [2.24, 2.45) is 5.92 Å². The maximum absolute atomic E-state index is 13.3. The minimum atomic E-state index is -3.52. The first-order valence-electron chi connectivity index (χ1n) is 12.2. The van der Waals surface area contributed by atoms with Crippen LogP contribution in [0.15, 0.2) is 48.5 Å². The predicted octanol–water partition coefficient (Wildman–Crippen LogP) is 3.74. The van der Waals surface area contributed by atoms with Gasteiger partial charge in [0.2, 0.25) is 21.8 Å².